The lowest BCUT2D eigenvalue weighted by Crippen LogP contribution is -2.23. The van der Waals surface area contributed by atoms with E-state index in [-0.39, 0.29) is 34.1 Å². The van der Waals surface area contributed by atoms with Gasteiger partial charge in [-0.25, -0.2) is 21.9 Å². The Labute approximate surface area is 165 Å². The molecule has 0 bridgehead atoms. The van der Waals surface area contributed by atoms with Crippen molar-refractivity contribution >= 4 is 21.7 Å². The molecule has 29 heavy (non-hydrogen) atoms. The van der Waals surface area contributed by atoms with E-state index in [0.29, 0.717) is 0 Å². The van der Waals surface area contributed by atoms with Crippen LogP contribution in [-0.2, 0) is 10.0 Å². The molecule has 1 amide bonds. The minimum Gasteiger partial charge on any atom is -0.305 e. The van der Waals surface area contributed by atoms with Gasteiger partial charge in [0.15, 0.2) is 5.82 Å². The predicted octanol–water partition coefficient (Wildman–Crippen LogP) is 3.07. The number of aromatic nitrogens is 2. The number of rotatable bonds is 7. The maximum Gasteiger partial charge on any atom is 0.256 e. The Kier molecular flexibility index (Phi) is 5.85. The van der Waals surface area contributed by atoms with Crippen LogP contribution in [0.4, 0.5) is 14.6 Å². The van der Waals surface area contributed by atoms with Crippen LogP contribution in [0.3, 0.4) is 0 Å². The topological polar surface area (TPSA) is 104 Å². The van der Waals surface area contributed by atoms with Gasteiger partial charge in [-0.05, 0) is 36.4 Å². The summed E-state index contributed by atoms with van der Waals surface area (Å²) in [6.07, 6.45) is 1.41. The van der Waals surface area contributed by atoms with Crippen molar-refractivity contribution in [3.05, 3.63) is 78.4 Å². The third-order valence-corrected chi connectivity index (χ3v) is 5.34. The van der Waals surface area contributed by atoms with Crippen LogP contribution in [0.25, 0.3) is 11.3 Å². The first kappa shape index (κ1) is 20.4. The number of hydrogen-bond donors (Lipinski definition) is 3. The quantitative estimate of drug-likeness (QED) is 0.513. The minimum atomic E-state index is -3.70. The zero-order valence-corrected chi connectivity index (χ0v) is 15.8. The number of carbonyl (C=O) groups excluding carboxylic acids is 1. The zero-order valence-electron chi connectivity index (χ0n) is 14.9. The van der Waals surface area contributed by atoms with Crippen LogP contribution in [0.5, 0.6) is 0 Å². The highest BCUT2D eigenvalue weighted by atomic mass is 32.2. The van der Waals surface area contributed by atoms with Gasteiger partial charge in [0, 0.05) is 18.2 Å². The van der Waals surface area contributed by atoms with Gasteiger partial charge >= 0.3 is 0 Å². The predicted molar refractivity (Wildman–Crippen MR) is 104 cm³/mol. The third kappa shape index (κ3) is 4.55. The van der Waals surface area contributed by atoms with Crippen LogP contribution in [0, 0.1) is 11.6 Å². The second-order valence-electron chi connectivity index (χ2n) is 5.88. The van der Waals surface area contributed by atoms with Crippen LogP contribution >= 0.6 is 0 Å². The molecule has 1 aromatic heterocycles. The first-order valence-electron chi connectivity index (χ1n) is 8.33. The largest absolute Gasteiger partial charge is 0.305 e. The SMILES string of the molecule is C=CCNS(=O)(=O)c1ccc(C(=O)Nc2cc(-c3c(F)cccc3F)[nH]n2)cc1. The molecule has 0 aliphatic rings. The van der Waals surface area contributed by atoms with E-state index in [1.807, 2.05) is 0 Å². The van der Waals surface area contributed by atoms with E-state index >= 15 is 0 Å². The van der Waals surface area contributed by atoms with Crippen molar-refractivity contribution < 1.29 is 22.0 Å². The Bertz CT molecular complexity index is 1140. The van der Waals surface area contributed by atoms with Gasteiger partial charge in [-0.15, -0.1) is 6.58 Å². The van der Waals surface area contributed by atoms with Crippen molar-refractivity contribution in [1.29, 1.82) is 0 Å². The molecule has 0 saturated carbocycles. The molecule has 0 fully saturated rings. The Balaban J connectivity index is 1.74. The smallest absolute Gasteiger partial charge is 0.256 e. The lowest BCUT2D eigenvalue weighted by Gasteiger charge is -2.06. The summed E-state index contributed by atoms with van der Waals surface area (Å²) in [7, 11) is -3.70. The van der Waals surface area contributed by atoms with Gasteiger partial charge in [-0.1, -0.05) is 12.1 Å². The van der Waals surface area contributed by atoms with Crippen LogP contribution in [0.15, 0.2) is 66.1 Å². The number of carbonyl (C=O) groups is 1. The van der Waals surface area contributed by atoms with E-state index in [4.69, 9.17) is 0 Å². The molecule has 0 spiro atoms. The van der Waals surface area contributed by atoms with Crippen molar-refractivity contribution in [2.45, 2.75) is 4.90 Å². The maximum absolute atomic E-state index is 13.8. The summed E-state index contributed by atoms with van der Waals surface area (Å²) in [5.41, 5.74) is -0.0537. The van der Waals surface area contributed by atoms with E-state index in [9.17, 15) is 22.0 Å². The Hall–Kier alpha value is -3.37. The number of halogens is 2. The van der Waals surface area contributed by atoms with Gasteiger partial charge < -0.3 is 5.32 Å². The molecule has 7 nitrogen and oxygen atoms in total. The van der Waals surface area contributed by atoms with E-state index < -0.39 is 27.6 Å². The number of amides is 1. The molecule has 0 aliphatic carbocycles. The molecule has 1 heterocycles. The normalized spacial score (nSPS) is 11.2. The first-order chi connectivity index (χ1) is 13.8. The lowest BCUT2D eigenvalue weighted by atomic mass is 10.1. The molecular weight excluding hydrogens is 402 g/mol. The van der Waals surface area contributed by atoms with E-state index in [2.05, 4.69) is 26.8 Å². The number of anilines is 1. The number of nitrogens with one attached hydrogen (secondary N) is 3. The Morgan fingerprint density at radius 2 is 1.79 bits per heavy atom. The summed E-state index contributed by atoms with van der Waals surface area (Å²) in [5.74, 6) is -2.06. The van der Waals surface area contributed by atoms with Crippen molar-refractivity contribution in [2.24, 2.45) is 0 Å². The van der Waals surface area contributed by atoms with Crippen molar-refractivity contribution in [3.63, 3.8) is 0 Å². The van der Waals surface area contributed by atoms with Gasteiger partial charge in [-0.3, -0.25) is 9.89 Å². The van der Waals surface area contributed by atoms with E-state index in [0.717, 1.165) is 12.1 Å². The van der Waals surface area contributed by atoms with Crippen LogP contribution in [-0.4, -0.2) is 31.1 Å². The van der Waals surface area contributed by atoms with E-state index in [1.165, 1.54) is 42.5 Å². The molecule has 0 radical (unpaired) electrons. The van der Waals surface area contributed by atoms with Crippen molar-refractivity contribution in [2.75, 3.05) is 11.9 Å². The second kappa shape index (κ2) is 8.33. The number of benzene rings is 2. The number of aromatic amines is 1. The number of nitrogens with zero attached hydrogens (tertiary/aromatic N) is 1. The number of H-pyrrole nitrogens is 1. The highest BCUT2D eigenvalue weighted by Gasteiger charge is 2.16. The average Bonchev–Trinajstić information content (AvgIpc) is 3.14. The third-order valence-electron chi connectivity index (χ3n) is 3.90. The number of hydrogen-bond acceptors (Lipinski definition) is 4. The van der Waals surface area contributed by atoms with Crippen molar-refractivity contribution in [3.8, 4) is 11.3 Å². The Morgan fingerprint density at radius 3 is 2.41 bits per heavy atom. The molecule has 0 saturated heterocycles. The fourth-order valence-electron chi connectivity index (χ4n) is 2.49. The van der Waals surface area contributed by atoms with Gasteiger partial charge in [0.25, 0.3) is 5.91 Å². The second-order valence-corrected chi connectivity index (χ2v) is 7.65. The van der Waals surface area contributed by atoms with Gasteiger partial charge in [0.1, 0.15) is 11.6 Å². The monoisotopic (exact) mass is 418 g/mol. The summed E-state index contributed by atoms with van der Waals surface area (Å²) in [4.78, 5) is 12.3. The standard InChI is InChI=1S/C19H16F2N4O3S/c1-2-10-22-29(27,28)13-8-6-12(7-9-13)19(26)23-17-11-16(24-25-17)18-14(20)4-3-5-15(18)21/h2-9,11,22H,1,10H2,(H2,23,24,25,26). The molecular formula is C19H16F2N4O3S. The van der Waals surface area contributed by atoms with Gasteiger partial charge in [0.2, 0.25) is 10.0 Å². The number of sulfonamides is 1. The van der Waals surface area contributed by atoms with Gasteiger partial charge in [0.05, 0.1) is 16.2 Å². The molecule has 150 valence electrons. The Morgan fingerprint density at radius 1 is 1.14 bits per heavy atom. The highest BCUT2D eigenvalue weighted by Crippen LogP contribution is 2.26. The molecule has 0 unspecified atom stereocenters. The summed E-state index contributed by atoms with van der Waals surface area (Å²) in [6, 6.07) is 9.98. The summed E-state index contributed by atoms with van der Waals surface area (Å²) < 4.78 is 54.1. The van der Waals surface area contributed by atoms with Crippen LogP contribution in [0.1, 0.15) is 10.4 Å². The fraction of sp³-hybridized carbons (Fsp3) is 0.0526. The van der Waals surface area contributed by atoms with Crippen LogP contribution in [0.2, 0.25) is 0 Å². The average molecular weight is 418 g/mol. The lowest BCUT2D eigenvalue weighted by molar-refractivity contribution is 0.102. The molecule has 3 rings (SSSR count). The molecule has 10 heteroatoms. The summed E-state index contributed by atoms with van der Waals surface area (Å²) in [6.45, 7) is 3.51. The van der Waals surface area contributed by atoms with E-state index in [1.54, 1.807) is 0 Å². The molecule has 3 aromatic rings. The molecule has 0 aliphatic heterocycles. The summed E-state index contributed by atoms with van der Waals surface area (Å²) >= 11 is 0. The van der Waals surface area contributed by atoms with Crippen molar-refractivity contribution in [1.82, 2.24) is 14.9 Å². The summed E-state index contributed by atoms with van der Waals surface area (Å²) in [5, 5.41) is 8.77. The molecule has 0 atom stereocenters. The first-order valence-corrected chi connectivity index (χ1v) is 9.82. The minimum absolute atomic E-state index is 0.00650. The highest BCUT2D eigenvalue weighted by molar-refractivity contribution is 7.89. The maximum atomic E-state index is 13.8. The van der Waals surface area contributed by atoms with Crippen LogP contribution < -0.4 is 10.0 Å². The van der Waals surface area contributed by atoms with Gasteiger partial charge in [-0.2, -0.15) is 5.10 Å². The molecule has 3 N–H and O–H groups in total. The fourth-order valence-corrected chi connectivity index (χ4v) is 3.49. The molecule has 2 aromatic carbocycles. The zero-order chi connectivity index (χ0) is 21.0.